The average Bonchev–Trinajstić information content (AvgIpc) is 3.50. The van der Waals surface area contributed by atoms with Gasteiger partial charge in [-0.15, -0.1) is 0 Å². The lowest BCUT2D eigenvalue weighted by Gasteiger charge is -2.36. The number of hydrogen-bond acceptors (Lipinski definition) is 5. The number of primary amides is 2. The van der Waals surface area contributed by atoms with Crippen LogP contribution in [0.5, 0.6) is 0 Å². The molecular weight excluding hydrogens is 466 g/mol. The van der Waals surface area contributed by atoms with Crippen molar-refractivity contribution in [1.82, 2.24) is 14.8 Å². The summed E-state index contributed by atoms with van der Waals surface area (Å²) in [6.07, 6.45) is 5.81. The van der Waals surface area contributed by atoms with Crippen LogP contribution in [0.1, 0.15) is 42.6 Å². The second-order valence-corrected chi connectivity index (χ2v) is 10.4. The van der Waals surface area contributed by atoms with Crippen LogP contribution in [0.2, 0.25) is 0 Å². The first kappa shape index (κ1) is 24.4. The maximum atomic E-state index is 12.2. The number of carbonyl (C=O) groups excluding carboxylic acids is 2. The molecule has 2 aromatic heterocycles. The first-order chi connectivity index (χ1) is 17.6. The number of anilines is 2. The van der Waals surface area contributed by atoms with Crippen LogP contribution in [0.15, 0.2) is 54.9 Å². The number of aromatic amines is 1. The number of nitrogens with zero attached hydrogens (tertiary/aromatic N) is 3. The maximum absolute atomic E-state index is 12.2. The van der Waals surface area contributed by atoms with Crippen molar-refractivity contribution in [3.63, 3.8) is 0 Å². The lowest BCUT2D eigenvalue weighted by atomic mass is 9.84. The molecular formula is C28H33N7O2. The molecule has 1 aliphatic rings. The third-order valence-electron chi connectivity index (χ3n) is 7.41. The molecule has 0 radical (unpaired) electrons. The van der Waals surface area contributed by atoms with Gasteiger partial charge in [0.1, 0.15) is 0 Å². The highest BCUT2D eigenvalue weighted by Crippen LogP contribution is 2.35. The predicted molar refractivity (Wildman–Crippen MR) is 147 cm³/mol. The van der Waals surface area contributed by atoms with Gasteiger partial charge in [-0.2, -0.15) is 5.10 Å². The van der Waals surface area contributed by atoms with Gasteiger partial charge in [0.25, 0.3) is 5.91 Å². The summed E-state index contributed by atoms with van der Waals surface area (Å²) in [4.78, 5) is 29.7. The summed E-state index contributed by atoms with van der Waals surface area (Å²) in [5, 5.41) is 8.89. The zero-order valence-electron chi connectivity index (χ0n) is 21.4. The van der Waals surface area contributed by atoms with Crippen LogP contribution in [-0.4, -0.2) is 45.7 Å². The summed E-state index contributed by atoms with van der Waals surface area (Å²) in [6.45, 7) is 5.40. The number of benzene rings is 2. The topological polar surface area (TPSA) is 135 Å². The average molecular weight is 500 g/mol. The van der Waals surface area contributed by atoms with Gasteiger partial charge in [-0.05, 0) is 62.6 Å². The Labute approximate surface area is 215 Å². The van der Waals surface area contributed by atoms with E-state index in [9.17, 15) is 9.59 Å². The van der Waals surface area contributed by atoms with Crippen LogP contribution in [0.3, 0.4) is 0 Å². The molecule has 0 saturated carbocycles. The fourth-order valence-corrected chi connectivity index (χ4v) is 5.08. The molecule has 2 aromatic carbocycles. The molecule has 9 nitrogen and oxygen atoms in total. The number of aryl methyl sites for hydroxylation is 1. The van der Waals surface area contributed by atoms with Gasteiger partial charge >= 0.3 is 0 Å². The van der Waals surface area contributed by atoms with E-state index in [1.54, 1.807) is 16.9 Å². The largest absolute Gasteiger partial charge is 0.381 e. The molecule has 192 valence electrons. The van der Waals surface area contributed by atoms with Crippen molar-refractivity contribution in [2.45, 2.75) is 38.1 Å². The SMILES string of the molecule is Cn1cc(-c2cc3c(N4CCCC(Nc5ccc(C(C)(C)C(N)=O)cc5)C4)ccc(C(N)=O)c3[nH]2)cn1. The summed E-state index contributed by atoms with van der Waals surface area (Å²) >= 11 is 0. The zero-order valence-corrected chi connectivity index (χ0v) is 21.4. The quantitative estimate of drug-likeness (QED) is 0.309. The van der Waals surface area contributed by atoms with Crippen molar-refractivity contribution in [3.05, 3.63) is 66.0 Å². The fraction of sp³-hybridized carbons (Fsp3) is 0.321. The molecule has 1 saturated heterocycles. The van der Waals surface area contributed by atoms with Gasteiger partial charge in [-0.1, -0.05) is 12.1 Å². The third kappa shape index (κ3) is 4.64. The number of hydrogen-bond donors (Lipinski definition) is 4. The van der Waals surface area contributed by atoms with Crippen molar-refractivity contribution in [2.24, 2.45) is 18.5 Å². The van der Waals surface area contributed by atoms with Crippen molar-refractivity contribution in [3.8, 4) is 11.3 Å². The summed E-state index contributed by atoms with van der Waals surface area (Å²) < 4.78 is 1.75. The first-order valence-corrected chi connectivity index (χ1v) is 12.5. The Hall–Kier alpha value is -4.27. The lowest BCUT2D eigenvalue weighted by Crippen LogP contribution is -2.42. The second kappa shape index (κ2) is 9.31. The van der Waals surface area contributed by atoms with E-state index >= 15 is 0 Å². The van der Waals surface area contributed by atoms with Crippen LogP contribution in [0, 0.1) is 0 Å². The van der Waals surface area contributed by atoms with Crippen molar-refractivity contribution in [2.75, 3.05) is 23.3 Å². The molecule has 0 bridgehead atoms. The Morgan fingerprint density at radius 1 is 1.14 bits per heavy atom. The number of nitrogens with two attached hydrogens (primary N) is 2. The van der Waals surface area contributed by atoms with Crippen LogP contribution in [0.4, 0.5) is 11.4 Å². The summed E-state index contributed by atoms with van der Waals surface area (Å²) in [5.41, 5.74) is 16.6. The molecule has 1 fully saturated rings. The highest BCUT2D eigenvalue weighted by atomic mass is 16.1. The van der Waals surface area contributed by atoms with E-state index < -0.39 is 11.3 Å². The Kier molecular flexibility index (Phi) is 6.15. The minimum atomic E-state index is -0.714. The second-order valence-electron chi connectivity index (χ2n) is 10.4. The molecule has 2 amide bonds. The highest BCUT2D eigenvalue weighted by Gasteiger charge is 2.27. The normalized spacial score (nSPS) is 16.2. The first-order valence-electron chi connectivity index (χ1n) is 12.5. The number of carbonyl (C=O) groups is 2. The van der Waals surface area contributed by atoms with E-state index in [1.807, 2.05) is 57.4 Å². The van der Waals surface area contributed by atoms with Gasteiger partial charge in [0.2, 0.25) is 5.91 Å². The molecule has 0 spiro atoms. The van der Waals surface area contributed by atoms with E-state index in [1.165, 1.54) is 0 Å². The number of fused-ring (bicyclic) bond motifs is 1. The number of H-pyrrole nitrogens is 1. The summed E-state index contributed by atoms with van der Waals surface area (Å²) in [6, 6.07) is 14.0. The zero-order chi connectivity index (χ0) is 26.3. The lowest BCUT2D eigenvalue weighted by molar-refractivity contribution is -0.122. The molecule has 0 aliphatic carbocycles. The molecule has 37 heavy (non-hydrogen) atoms. The van der Waals surface area contributed by atoms with E-state index in [0.717, 1.165) is 65.0 Å². The molecule has 3 heterocycles. The molecule has 1 atom stereocenters. The number of piperidine rings is 1. The number of nitrogens with one attached hydrogen (secondary N) is 2. The molecule has 1 aliphatic heterocycles. The van der Waals surface area contributed by atoms with Crippen LogP contribution in [0.25, 0.3) is 22.2 Å². The summed E-state index contributed by atoms with van der Waals surface area (Å²) in [5.74, 6) is -0.807. The van der Waals surface area contributed by atoms with E-state index in [0.29, 0.717) is 5.56 Å². The van der Waals surface area contributed by atoms with Gasteiger partial charge in [-0.3, -0.25) is 14.3 Å². The van der Waals surface area contributed by atoms with E-state index in [4.69, 9.17) is 11.5 Å². The number of amides is 2. The Bertz CT molecular complexity index is 1470. The molecule has 9 heteroatoms. The van der Waals surface area contributed by atoms with Gasteiger partial charge in [-0.25, -0.2) is 0 Å². The van der Waals surface area contributed by atoms with Crippen molar-refractivity contribution in [1.29, 1.82) is 0 Å². The van der Waals surface area contributed by atoms with E-state index in [2.05, 4.69) is 26.4 Å². The molecule has 4 aromatic rings. The number of aromatic nitrogens is 3. The minimum Gasteiger partial charge on any atom is -0.381 e. The molecule has 5 rings (SSSR count). The predicted octanol–water partition coefficient (Wildman–Crippen LogP) is 3.51. The smallest absolute Gasteiger partial charge is 0.250 e. The van der Waals surface area contributed by atoms with Gasteiger partial charge in [0, 0.05) is 60.4 Å². The highest BCUT2D eigenvalue weighted by molar-refractivity contribution is 6.10. The van der Waals surface area contributed by atoms with Crippen molar-refractivity contribution >= 4 is 34.1 Å². The standard InChI is InChI=1S/C28H33N7O2/c1-28(2,27(30)37)18-6-8-19(9-7-18)32-20-5-4-12-35(16-20)24-11-10-21(26(29)36)25-22(24)13-23(33-25)17-14-31-34(3)15-17/h6-11,13-15,20,32-33H,4-5,12,16H2,1-3H3,(H2,29,36)(H2,30,37). The Morgan fingerprint density at radius 2 is 1.89 bits per heavy atom. The maximum Gasteiger partial charge on any atom is 0.250 e. The van der Waals surface area contributed by atoms with E-state index in [-0.39, 0.29) is 11.9 Å². The number of rotatable bonds is 7. The van der Waals surface area contributed by atoms with Crippen LogP contribution < -0.4 is 21.7 Å². The van der Waals surface area contributed by atoms with Gasteiger partial charge in [0.05, 0.1) is 22.7 Å². The summed E-state index contributed by atoms with van der Waals surface area (Å²) in [7, 11) is 1.87. The van der Waals surface area contributed by atoms with Gasteiger partial charge in [0.15, 0.2) is 0 Å². The Balaban J connectivity index is 1.40. The van der Waals surface area contributed by atoms with Crippen molar-refractivity contribution < 1.29 is 9.59 Å². The fourth-order valence-electron chi connectivity index (χ4n) is 5.08. The monoisotopic (exact) mass is 499 g/mol. The third-order valence-corrected chi connectivity index (χ3v) is 7.41. The minimum absolute atomic E-state index is 0.242. The van der Waals surface area contributed by atoms with Gasteiger partial charge < -0.3 is 26.7 Å². The molecule has 1 unspecified atom stereocenters. The molecule has 6 N–H and O–H groups in total. The Morgan fingerprint density at radius 3 is 2.54 bits per heavy atom. The van der Waals surface area contributed by atoms with Crippen LogP contribution >= 0.6 is 0 Å². The van der Waals surface area contributed by atoms with Crippen LogP contribution in [-0.2, 0) is 17.3 Å².